The van der Waals surface area contributed by atoms with Crippen LogP contribution in [0.3, 0.4) is 0 Å². The lowest BCUT2D eigenvalue weighted by atomic mass is 10.2. The van der Waals surface area contributed by atoms with Gasteiger partial charge in [-0.25, -0.2) is 0 Å². The van der Waals surface area contributed by atoms with E-state index in [2.05, 4.69) is 17.1 Å². The molecule has 0 aliphatic carbocycles. The molecule has 1 aliphatic heterocycles. The minimum absolute atomic E-state index is 0.0150. The Morgan fingerprint density at radius 1 is 1.22 bits per heavy atom. The van der Waals surface area contributed by atoms with Crippen molar-refractivity contribution in [3.8, 4) is 11.5 Å². The second-order valence-electron chi connectivity index (χ2n) is 8.21. The summed E-state index contributed by atoms with van der Waals surface area (Å²) in [5.74, 6) is 1.36. The van der Waals surface area contributed by atoms with Crippen molar-refractivity contribution >= 4 is 23.2 Å². The summed E-state index contributed by atoms with van der Waals surface area (Å²) in [6.07, 6.45) is 3.85. The molecule has 1 amide bonds. The monoisotopic (exact) mass is 460 g/mol. The Bertz CT molecular complexity index is 846. The maximum Gasteiger partial charge on any atom is 0.224 e. The van der Waals surface area contributed by atoms with Gasteiger partial charge in [0.1, 0.15) is 30.3 Å². The Kier molecular flexibility index (Phi) is 9.65. The van der Waals surface area contributed by atoms with Crippen molar-refractivity contribution in [2.75, 3.05) is 31.6 Å². The quantitative estimate of drug-likeness (QED) is 0.447. The molecule has 7 heteroatoms. The molecule has 3 rings (SSSR count). The normalized spacial score (nSPS) is 17.2. The third-order valence-electron chi connectivity index (χ3n) is 5.41. The largest absolute Gasteiger partial charge is 0.489 e. The van der Waals surface area contributed by atoms with Gasteiger partial charge < -0.3 is 19.9 Å². The number of ether oxygens (including phenoxy) is 2. The van der Waals surface area contributed by atoms with E-state index in [4.69, 9.17) is 21.1 Å². The molecule has 32 heavy (non-hydrogen) atoms. The fraction of sp³-hybridized carbons (Fsp3) is 0.480. The number of benzene rings is 2. The smallest absolute Gasteiger partial charge is 0.224 e. The number of carbonyl (C=O) groups excluding carboxylic acids is 1. The highest BCUT2D eigenvalue weighted by Gasteiger charge is 2.26. The average molecular weight is 461 g/mol. The van der Waals surface area contributed by atoms with Gasteiger partial charge in [-0.1, -0.05) is 43.5 Å². The Balaban J connectivity index is 1.41. The minimum atomic E-state index is -0.641. The van der Waals surface area contributed by atoms with Crippen molar-refractivity contribution in [3.63, 3.8) is 0 Å². The summed E-state index contributed by atoms with van der Waals surface area (Å²) >= 11 is 5.92. The van der Waals surface area contributed by atoms with E-state index in [1.165, 1.54) is 0 Å². The zero-order valence-corrected chi connectivity index (χ0v) is 19.4. The number of nitrogens with one attached hydrogen (secondary N) is 1. The predicted octanol–water partition coefficient (Wildman–Crippen LogP) is 4.75. The fourth-order valence-electron chi connectivity index (χ4n) is 3.75. The Morgan fingerprint density at radius 2 is 2.00 bits per heavy atom. The van der Waals surface area contributed by atoms with E-state index >= 15 is 0 Å². The summed E-state index contributed by atoms with van der Waals surface area (Å²) in [6, 6.07) is 14.7. The molecule has 1 heterocycles. The molecular weight excluding hydrogens is 428 g/mol. The number of likely N-dealkylation sites (tertiary alicyclic amines) is 1. The number of hydrogen-bond acceptors (Lipinski definition) is 5. The van der Waals surface area contributed by atoms with E-state index in [9.17, 15) is 9.90 Å². The van der Waals surface area contributed by atoms with Gasteiger partial charge in [-0.2, -0.15) is 0 Å². The first kappa shape index (κ1) is 24.4. The Morgan fingerprint density at radius 3 is 2.78 bits per heavy atom. The minimum Gasteiger partial charge on any atom is -0.489 e. The fourth-order valence-corrected chi connectivity index (χ4v) is 3.87. The van der Waals surface area contributed by atoms with E-state index in [0.29, 0.717) is 29.4 Å². The summed E-state index contributed by atoms with van der Waals surface area (Å²) in [7, 11) is 0. The molecule has 0 bridgehead atoms. The molecule has 6 nitrogen and oxygen atoms in total. The van der Waals surface area contributed by atoms with Crippen LogP contribution in [0.2, 0.25) is 5.02 Å². The van der Waals surface area contributed by atoms with Crippen LogP contribution in [-0.2, 0) is 4.79 Å². The molecule has 2 aromatic carbocycles. The van der Waals surface area contributed by atoms with Crippen LogP contribution < -0.4 is 14.8 Å². The van der Waals surface area contributed by atoms with Gasteiger partial charge in [-0.3, -0.25) is 9.69 Å². The highest BCUT2D eigenvalue weighted by molar-refractivity contribution is 6.30. The number of para-hydroxylation sites is 2. The maximum atomic E-state index is 12.1. The van der Waals surface area contributed by atoms with Crippen LogP contribution in [0.5, 0.6) is 11.5 Å². The van der Waals surface area contributed by atoms with Gasteiger partial charge in [0.2, 0.25) is 5.91 Å². The number of aliphatic hydroxyl groups is 1. The topological polar surface area (TPSA) is 71.0 Å². The number of β-amino-alcohol motifs (C(OH)–C–C–N with tert-alkyl or cyclic N) is 1. The second-order valence-corrected chi connectivity index (χ2v) is 8.64. The molecule has 2 aromatic rings. The van der Waals surface area contributed by atoms with Gasteiger partial charge in [0.25, 0.3) is 0 Å². The summed E-state index contributed by atoms with van der Waals surface area (Å²) in [5, 5.41) is 14.1. The van der Waals surface area contributed by atoms with Gasteiger partial charge in [-0.15, -0.1) is 0 Å². The van der Waals surface area contributed by atoms with Crippen molar-refractivity contribution in [1.82, 2.24) is 4.90 Å². The van der Waals surface area contributed by atoms with E-state index in [1.807, 2.05) is 42.5 Å². The van der Waals surface area contributed by atoms with Crippen LogP contribution >= 0.6 is 11.6 Å². The van der Waals surface area contributed by atoms with Gasteiger partial charge in [-0.05, 0) is 49.2 Å². The van der Waals surface area contributed by atoms with Gasteiger partial charge in [0.05, 0.1) is 5.69 Å². The van der Waals surface area contributed by atoms with Crippen LogP contribution in [0.1, 0.15) is 39.0 Å². The molecule has 1 saturated heterocycles. The number of rotatable bonds is 12. The molecule has 1 fully saturated rings. The summed E-state index contributed by atoms with van der Waals surface area (Å²) in [5.41, 5.74) is 0.638. The SMILES string of the molecule is CCCCCC(=O)Nc1ccccc1OCC(O)CN1CCC(Oc2ccc(Cl)cc2)C1. The zero-order valence-electron chi connectivity index (χ0n) is 18.6. The van der Waals surface area contributed by atoms with Gasteiger partial charge in [0.15, 0.2) is 0 Å². The average Bonchev–Trinajstić information content (AvgIpc) is 3.21. The van der Waals surface area contributed by atoms with E-state index in [0.717, 1.165) is 44.5 Å². The van der Waals surface area contributed by atoms with Crippen molar-refractivity contribution < 1.29 is 19.4 Å². The maximum absolute atomic E-state index is 12.1. The standard InChI is InChI=1S/C25H33ClN2O4/c1-2-3-4-9-25(30)27-23-7-5-6-8-24(23)31-18-20(29)16-28-15-14-22(17-28)32-21-12-10-19(26)11-13-21/h5-8,10-13,20,22,29H,2-4,9,14-18H2,1H3,(H,27,30). The molecule has 0 saturated carbocycles. The molecule has 0 radical (unpaired) electrons. The van der Waals surface area contributed by atoms with Crippen molar-refractivity contribution in [2.24, 2.45) is 0 Å². The lowest BCUT2D eigenvalue weighted by Crippen LogP contribution is -2.35. The first-order chi connectivity index (χ1) is 15.5. The number of unbranched alkanes of at least 4 members (excludes halogenated alkanes) is 2. The van der Waals surface area contributed by atoms with Crippen LogP contribution in [0.15, 0.2) is 48.5 Å². The predicted molar refractivity (Wildman–Crippen MR) is 128 cm³/mol. The lowest BCUT2D eigenvalue weighted by molar-refractivity contribution is -0.116. The Hall–Kier alpha value is -2.28. The number of carbonyl (C=O) groups is 1. The number of anilines is 1. The number of nitrogens with zero attached hydrogens (tertiary/aromatic N) is 1. The van der Waals surface area contributed by atoms with Crippen molar-refractivity contribution in [3.05, 3.63) is 53.6 Å². The van der Waals surface area contributed by atoms with E-state index in [1.54, 1.807) is 6.07 Å². The highest BCUT2D eigenvalue weighted by atomic mass is 35.5. The van der Waals surface area contributed by atoms with E-state index in [-0.39, 0.29) is 18.6 Å². The Labute approximate surface area is 195 Å². The summed E-state index contributed by atoms with van der Waals surface area (Å²) in [4.78, 5) is 14.3. The zero-order chi connectivity index (χ0) is 22.8. The summed E-state index contributed by atoms with van der Waals surface area (Å²) in [6.45, 7) is 4.39. The number of hydrogen-bond donors (Lipinski definition) is 2. The molecule has 2 unspecified atom stereocenters. The van der Waals surface area contributed by atoms with Crippen molar-refractivity contribution in [1.29, 1.82) is 0 Å². The lowest BCUT2D eigenvalue weighted by Gasteiger charge is -2.21. The van der Waals surface area contributed by atoms with Crippen LogP contribution in [-0.4, -0.2) is 54.4 Å². The molecule has 0 spiro atoms. The molecule has 0 aromatic heterocycles. The summed E-state index contributed by atoms with van der Waals surface area (Å²) < 4.78 is 11.8. The van der Waals surface area contributed by atoms with Crippen LogP contribution in [0, 0.1) is 0 Å². The van der Waals surface area contributed by atoms with Crippen molar-refractivity contribution in [2.45, 2.75) is 51.2 Å². The number of halogens is 1. The molecule has 174 valence electrons. The first-order valence-corrected chi connectivity index (χ1v) is 11.8. The molecule has 2 N–H and O–H groups in total. The van der Waals surface area contributed by atoms with Crippen LogP contribution in [0.25, 0.3) is 0 Å². The van der Waals surface area contributed by atoms with Gasteiger partial charge >= 0.3 is 0 Å². The third kappa shape index (κ3) is 8.01. The van der Waals surface area contributed by atoms with Crippen LogP contribution in [0.4, 0.5) is 5.69 Å². The highest BCUT2D eigenvalue weighted by Crippen LogP contribution is 2.25. The van der Waals surface area contributed by atoms with E-state index < -0.39 is 6.10 Å². The first-order valence-electron chi connectivity index (χ1n) is 11.4. The molecule has 2 atom stereocenters. The molecule has 1 aliphatic rings. The van der Waals surface area contributed by atoms with Gasteiger partial charge in [0, 0.05) is 31.1 Å². The number of amides is 1. The second kappa shape index (κ2) is 12.7. The number of aliphatic hydroxyl groups excluding tert-OH is 1. The molecular formula is C25H33ClN2O4. The third-order valence-corrected chi connectivity index (χ3v) is 5.67.